The van der Waals surface area contributed by atoms with Gasteiger partial charge in [0.25, 0.3) is 0 Å². The van der Waals surface area contributed by atoms with Gasteiger partial charge < -0.3 is 25.1 Å². The summed E-state index contributed by atoms with van der Waals surface area (Å²) in [5, 5.41) is 19.9. The van der Waals surface area contributed by atoms with Gasteiger partial charge in [-0.2, -0.15) is 0 Å². The maximum atomic E-state index is 10.7. The van der Waals surface area contributed by atoms with E-state index in [4.69, 9.17) is 5.73 Å². The SMILES string of the molecule is Nc1ncnc2c1ncn2[C@@H]1C[C@@H](OS(=O)(=O)[O-])[C@@H](O)[C@H]1O.[Na+]. The third-order valence-electron chi connectivity index (χ3n) is 3.58. The number of fused-ring (bicyclic) bond motifs is 1. The van der Waals surface area contributed by atoms with Crippen molar-refractivity contribution in [2.45, 2.75) is 30.8 Å². The Kier molecular flexibility index (Phi) is 5.27. The molecule has 0 aromatic carbocycles. The summed E-state index contributed by atoms with van der Waals surface area (Å²) in [5.74, 6) is 0.145. The monoisotopic (exact) mass is 353 g/mol. The zero-order valence-corrected chi connectivity index (χ0v) is 14.8. The molecule has 1 saturated carbocycles. The fraction of sp³-hybridized carbons (Fsp3) is 0.500. The van der Waals surface area contributed by atoms with Crippen molar-refractivity contribution in [1.29, 1.82) is 0 Å². The molecule has 120 valence electrons. The Labute approximate surface area is 152 Å². The number of hydrogen-bond donors (Lipinski definition) is 3. The first kappa shape index (κ1) is 18.5. The third-order valence-corrected chi connectivity index (χ3v) is 4.07. The standard InChI is InChI=1S/C10H13N5O6S.Na/c11-9-6-10(13-2-12-9)15(3-14-6)4-1-5(8(17)7(4)16)21-22(18,19)20;/h2-5,7-8,16-17H,1H2,(H2,11,12,13)(H,18,19,20);/q;+1/p-1/t4-,5-,7+,8-;/m1./s1. The van der Waals surface area contributed by atoms with Gasteiger partial charge in [-0.25, -0.2) is 23.4 Å². The minimum absolute atomic E-state index is 0. The van der Waals surface area contributed by atoms with Gasteiger partial charge in [0.1, 0.15) is 30.2 Å². The van der Waals surface area contributed by atoms with Gasteiger partial charge in [0.15, 0.2) is 11.5 Å². The summed E-state index contributed by atoms with van der Waals surface area (Å²) in [6, 6.07) is -0.777. The predicted molar refractivity (Wildman–Crippen MR) is 70.0 cm³/mol. The number of aliphatic hydroxyl groups excluding tert-OH is 2. The van der Waals surface area contributed by atoms with Gasteiger partial charge in [-0.3, -0.25) is 4.18 Å². The van der Waals surface area contributed by atoms with Gasteiger partial charge in [0.05, 0.1) is 12.4 Å². The van der Waals surface area contributed by atoms with Crippen LogP contribution in [0.1, 0.15) is 12.5 Å². The van der Waals surface area contributed by atoms with E-state index in [-0.39, 0.29) is 41.8 Å². The topological polar surface area (TPSA) is 177 Å². The normalized spacial score (nSPS) is 28.0. The largest absolute Gasteiger partial charge is 1.00 e. The zero-order valence-electron chi connectivity index (χ0n) is 12.0. The van der Waals surface area contributed by atoms with Crippen molar-refractivity contribution in [3.05, 3.63) is 12.7 Å². The first-order chi connectivity index (χ1) is 10.3. The summed E-state index contributed by atoms with van der Waals surface area (Å²) >= 11 is 0. The van der Waals surface area contributed by atoms with E-state index in [0.29, 0.717) is 11.2 Å². The average molecular weight is 353 g/mol. The Morgan fingerprint density at radius 3 is 2.65 bits per heavy atom. The Bertz CT molecular complexity index is 813. The Morgan fingerprint density at radius 1 is 1.30 bits per heavy atom. The van der Waals surface area contributed by atoms with Gasteiger partial charge in [-0.05, 0) is 0 Å². The predicted octanol–water partition coefficient (Wildman–Crippen LogP) is -5.08. The maximum Gasteiger partial charge on any atom is 1.00 e. The summed E-state index contributed by atoms with van der Waals surface area (Å²) in [7, 11) is -5.00. The minimum Gasteiger partial charge on any atom is -0.726 e. The van der Waals surface area contributed by atoms with Crippen molar-refractivity contribution in [2.75, 3.05) is 5.73 Å². The van der Waals surface area contributed by atoms with Crippen LogP contribution in [0.15, 0.2) is 12.7 Å². The molecule has 0 aliphatic heterocycles. The van der Waals surface area contributed by atoms with Crippen molar-refractivity contribution in [1.82, 2.24) is 19.5 Å². The van der Waals surface area contributed by atoms with E-state index in [1.165, 1.54) is 17.2 Å². The van der Waals surface area contributed by atoms with E-state index in [9.17, 15) is 23.2 Å². The van der Waals surface area contributed by atoms with Crippen molar-refractivity contribution in [3.8, 4) is 0 Å². The molecule has 0 amide bonds. The van der Waals surface area contributed by atoms with E-state index in [1.807, 2.05) is 0 Å². The van der Waals surface area contributed by atoms with Crippen LogP contribution in [-0.4, -0.2) is 61.0 Å². The molecule has 13 heteroatoms. The molecule has 2 aromatic heterocycles. The molecule has 2 aromatic rings. The van der Waals surface area contributed by atoms with Gasteiger partial charge in [-0.1, -0.05) is 0 Å². The number of nitrogens with zero attached hydrogens (tertiary/aromatic N) is 4. The molecular weight excluding hydrogens is 341 g/mol. The molecule has 11 nitrogen and oxygen atoms in total. The van der Waals surface area contributed by atoms with Crippen LogP contribution >= 0.6 is 0 Å². The molecule has 0 radical (unpaired) electrons. The van der Waals surface area contributed by atoms with E-state index < -0.39 is 34.8 Å². The second kappa shape index (κ2) is 6.57. The van der Waals surface area contributed by atoms with Gasteiger partial charge in [0, 0.05) is 6.42 Å². The van der Waals surface area contributed by atoms with Crippen LogP contribution in [0.5, 0.6) is 0 Å². The van der Waals surface area contributed by atoms with Crippen LogP contribution in [0, 0.1) is 0 Å². The molecule has 2 heterocycles. The number of nitrogen functional groups attached to an aromatic ring is 1. The molecule has 0 unspecified atom stereocenters. The molecule has 0 spiro atoms. The van der Waals surface area contributed by atoms with Crippen LogP contribution in [0.25, 0.3) is 11.2 Å². The minimum atomic E-state index is -5.00. The van der Waals surface area contributed by atoms with Crippen molar-refractivity contribution >= 4 is 27.4 Å². The number of nitrogens with two attached hydrogens (primary N) is 1. The molecule has 3 rings (SSSR count). The smallest absolute Gasteiger partial charge is 0.726 e. The van der Waals surface area contributed by atoms with E-state index >= 15 is 0 Å². The number of hydrogen-bond acceptors (Lipinski definition) is 10. The fourth-order valence-electron chi connectivity index (χ4n) is 2.60. The van der Waals surface area contributed by atoms with Crippen LogP contribution in [0.4, 0.5) is 5.82 Å². The summed E-state index contributed by atoms with van der Waals surface area (Å²) < 4.78 is 37.7. The van der Waals surface area contributed by atoms with Crippen molar-refractivity contribution in [3.63, 3.8) is 0 Å². The van der Waals surface area contributed by atoms with Crippen LogP contribution < -0.4 is 35.3 Å². The fourth-order valence-corrected chi connectivity index (χ4v) is 3.10. The summed E-state index contributed by atoms with van der Waals surface area (Å²) in [4.78, 5) is 11.8. The number of imidazole rings is 1. The molecule has 0 saturated heterocycles. The molecule has 4 N–H and O–H groups in total. The zero-order chi connectivity index (χ0) is 16.1. The number of anilines is 1. The van der Waals surface area contributed by atoms with Crippen LogP contribution in [-0.2, 0) is 14.6 Å². The molecule has 1 aliphatic carbocycles. The Hall–Kier alpha value is -0.860. The van der Waals surface area contributed by atoms with E-state index in [2.05, 4.69) is 19.1 Å². The number of aromatic nitrogens is 4. The first-order valence-electron chi connectivity index (χ1n) is 6.21. The summed E-state index contributed by atoms with van der Waals surface area (Å²) in [6.07, 6.45) is -1.81. The first-order valence-corrected chi connectivity index (χ1v) is 7.54. The van der Waals surface area contributed by atoms with Crippen LogP contribution in [0.3, 0.4) is 0 Å². The average Bonchev–Trinajstić information content (AvgIpc) is 2.95. The Balaban J connectivity index is 0.00000192. The summed E-state index contributed by atoms with van der Waals surface area (Å²) in [5.41, 5.74) is 6.28. The van der Waals surface area contributed by atoms with Gasteiger partial charge in [-0.15, -0.1) is 0 Å². The van der Waals surface area contributed by atoms with Gasteiger partial charge >= 0.3 is 29.6 Å². The molecular formula is C10H12N5NaO6S. The third kappa shape index (κ3) is 3.49. The second-order valence-electron chi connectivity index (χ2n) is 4.91. The van der Waals surface area contributed by atoms with Crippen LogP contribution in [0.2, 0.25) is 0 Å². The van der Waals surface area contributed by atoms with Gasteiger partial charge in [0.2, 0.25) is 10.4 Å². The molecule has 0 bridgehead atoms. The second-order valence-corrected chi connectivity index (χ2v) is 5.92. The van der Waals surface area contributed by atoms with E-state index in [0.717, 1.165) is 0 Å². The van der Waals surface area contributed by atoms with Crippen molar-refractivity contribution < 1.29 is 56.9 Å². The molecule has 1 fully saturated rings. The molecule has 23 heavy (non-hydrogen) atoms. The summed E-state index contributed by atoms with van der Waals surface area (Å²) in [6.45, 7) is 0. The number of aliphatic hydroxyl groups is 2. The molecule has 1 aliphatic rings. The van der Waals surface area contributed by atoms with E-state index in [1.54, 1.807) is 0 Å². The quantitative estimate of drug-likeness (QED) is 0.275. The maximum absolute atomic E-state index is 10.7. The Morgan fingerprint density at radius 2 is 2.00 bits per heavy atom. The molecule has 4 atom stereocenters. The number of rotatable bonds is 3. The van der Waals surface area contributed by atoms with Crippen molar-refractivity contribution in [2.24, 2.45) is 0 Å².